The molecule has 18 heavy (non-hydrogen) atoms. The molecule has 0 unspecified atom stereocenters. The number of aliphatic hydroxyl groups excluding tert-OH is 1. The molecule has 0 spiro atoms. The molecule has 0 aromatic heterocycles. The average Bonchev–Trinajstić information content (AvgIpc) is 2.35. The minimum Gasteiger partial charge on any atom is -0.394 e. The lowest BCUT2D eigenvalue weighted by atomic mass is 10.3. The molecule has 0 aliphatic rings. The van der Waals surface area contributed by atoms with Crippen LogP contribution in [0.5, 0.6) is 0 Å². The fourth-order valence-corrected chi connectivity index (χ4v) is 0.934. The van der Waals surface area contributed by atoms with Gasteiger partial charge in [-0.1, -0.05) is 13.8 Å². The molecule has 0 saturated heterocycles. The van der Waals surface area contributed by atoms with E-state index in [1.165, 1.54) is 18.9 Å². The van der Waals surface area contributed by atoms with Crippen LogP contribution in [-0.4, -0.2) is 60.4 Å². The number of hydrogen-bond acceptors (Lipinski definition) is 5. The molecule has 0 saturated carbocycles. The summed E-state index contributed by atoms with van der Waals surface area (Å²) in [5.74, 6) is -1.14. The van der Waals surface area contributed by atoms with Gasteiger partial charge in [0.2, 0.25) is 11.8 Å². The Bertz CT molecular complexity index is 281. The Kier molecular flexibility index (Phi) is 11.2. The van der Waals surface area contributed by atoms with Gasteiger partial charge in [-0.25, -0.2) is 0 Å². The summed E-state index contributed by atoms with van der Waals surface area (Å²) in [6, 6.07) is -1.04. The van der Waals surface area contributed by atoms with Crippen molar-refractivity contribution in [1.82, 2.24) is 10.2 Å². The van der Waals surface area contributed by atoms with Crippen LogP contribution in [0.2, 0.25) is 0 Å². The molecule has 0 aliphatic carbocycles. The molecule has 2 amide bonds. The molecule has 7 nitrogen and oxygen atoms in total. The Morgan fingerprint density at radius 1 is 1.33 bits per heavy atom. The van der Waals surface area contributed by atoms with E-state index < -0.39 is 24.5 Å². The zero-order chi connectivity index (χ0) is 14.7. The van der Waals surface area contributed by atoms with E-state index in [1.807, 2.05) is 13.8 Å². The average molecular weight is 261 g/mol. The van der Waals surface area contributed by atoms with E-state index in [9.17, 15) is 14.4 Å². The van der Waals surface area contributed by atoms with E-state index in [0.717, 1.165) is 0 Å². The van der Waals surface area contributed by atoms with E-state index in [-0.39, 0.29) is 18.9 Å². The number of rotatable bonds is 6. The van der Waals surface area contributed by atoms with Crippen molar-refractivity contribution in [3.05, 3.63) is 0 Å². The lowest BCUT2D eigenvalue weighted by Gasteiger charge is -2.16. The molecule has 0 aliphatic heterocycles. The molecule has 1 atom stereocenters. The number of nitrogens with one attached hydrogen (secondary N) is 1. The Labute approximate surface area is 107 Å². The molecule has 0 radical (unpaired) electrons. The Balaban J connectivity index is 0. The number of nitrogens with zero attached hydrogens (tertiary/aromatic N) is 1. The predicted molar refractivity (Wildman–Crippen MR) is 67.7 cm³/mol. The van der Waals surface area contributed by atoms with Crippen LogP contribution in [0.25, 0.3) is 0 Å². The van der Waals surface area contributed by atoms with E-state index >= 15 is 0 Å². The van der Waals surface area contributed by atoms with Crippen molar-refractivity contribution in [3.63, 3.8) is 0 Å². The first-order valence-electron chi connectivity index (χ1n) is 5.76. The summed E-state index contributed by atoms with van der Waals surface area (Å²) in [4.78, 5) is 34.4. The normalized spacial score (nSPS) is 10.8. The van der Waals surface area contributed by atoms with Crippen LogP contribution < -0.4 is 11.1 Å². The second kappa shape index (κ2) is 10.7. The van der Waals surface area contributed by atoms with Gasteiger partial charge in [0.25, 0.3) is 0 Å². The van der Waals surface area contributed by atoms with Gasteiger partial charge in [-0.2, -0.15) is 0 Å². The van der Waals surface area contributed by atoms with Crippen LogP contribution in [0.15, 0.2) is 0 Å². The van der Waals surface area contributed by atoms with Crippen LogP contribution in [0.4, 0.5) is 0 Å². The fourth-order valence-electron chi connectivity index (χ4n) is 0.934. The van der Waals surface area contributed by atoms with Crippen molar-refractivity contribution >= 4 is 17.6 Å². The van der Waals surface area contributed by atoms with Crippen molar-refractivity contribution in [2.75, 3.05) is 26.7 Å². The maximum atomic E-state index is 11.3. The molecule has 0 fully saturated rings. The second-order valence-electron chi connectivity index (χ2n) is 3.46. The highest BCUT2D eigenvalue weighted by molar-refractivity contribution is 5.89. The molecule has 0 aromatic rings. The van der Waals surface area contributed by atoms with Crippen LogP contribution in [0, 0.1) is 0 Å². The van der Waals surface area contributed by atoms with Crippen molar-refractivity contribution in [1.29, 1.82) is 0 Å². The van der Waals surface area contributed by atoms with Gasteiger partial charge in [0, 0.05) is 7.05 Å². The number of carbonyl (C=O) groups is 3. The third kappa shape index (κ3) is 8.66. The van der Waals surface area contributed by atoms with E-state index in [2.05, 4.69) is 5.32 Å². The van der Waals surface area contributed by atoms with E-state index in [0.29, 0.717) is 0 Å². The molecule has 106 valence electrons. The highest BCUT2D eigenvalue weighted by atomic mass is 16.3. The van der Waals surface area contributed by atoms with Gasteiger partial charge < -0.3 is 21.1 Å². The van der Waals surface area contributed by atoms with E-state index in [4.69, 9.17) is 10.8 Å². The van der Waals surface area contributed by atoms with Crippen molar-refractivity contribution in [2.24, 2.45) is 5.73 Å². The zero-order valence-corrected chi connectivity index (χ0v) is 11.4. The zero-order valence-electron chi connectivity index (χ0n) is 11.4. The molecule has 4 N–H and O–H groups in total. The summed E-state index contributed by atoms with van der Waals surface area (Å²) in [6.07, 6.45) is 0. The topological polar surface area (TPSA) is 113 Å². The molecule has 0 aromatic carbocycles. The van der Waals surface area contributed by atoms with Gasteiger partial charge in [0.05, 0.1) is 19.7 Å². The summed E-state index contributed by atoms with van der Waals surface area (Å²) >= 11 is 0. The van der Waals surface area contributed by atoms with Crippen molar-refractivity contribution < 1.29 is 19.5 Å². The number of carbonyl (C=O) groups excluding carboxylic acids is 3. The third-order valence-electron chi connectivity index (χ3n) is 1.83. The quantitative estimate of drug-likeness (QED) is 0.538. The highest BCUT2D eigenvalue weighted by Gasteiger charge is 2.15. The minimum absolute atomic E-state index is 0.000751. The number of hydrogen-bond donors (Lipinski definition) is 3. The van der Waals surface area contributed by atoms with Gasteiger partial charge in [-0.05, 0) is 6.92 Å². The number of Topliss-reactive ketones (excluding diaryl/α,β-unsaturated/α-hetero) is 1. The van der Waals surface area contributed by atoms with Crippen molar-refractivity contribution in [2.45, 2.75) is 26.8 Å². The minimum atomic E-state index is -1.04. The number of aliphatic hydroxyl groups is 1. The van der Waals surface area contributed by atoms with Crippen LogP contribution >= 0.6 is 0 Å². The largest absolute Gasteiger partial charge is 0.394 e. The Morgan fingerprint density at radius 3 is 2.22 bits per heavy atom. The van der Waals surface area contributed by atoms with Crippen LogP contribution in [-0.2, 0) is 14.4 Å². The molecular weight excluding hydrogens is 238 g/mol. The SMILES string of the molecule is CC.CC(=O)CN(C)C(=O)CNC(=O)[C@H](N)CO. The van der Waals surface area contributed by atoms with Gasteiger partial charge in [-0.15, -0.1) is 0 Å². The predicted octanol–water partition coefficient (Wildman–Crippen LogP) is -1.50. The maximum absolute atomic E-state index is 11.3. The lowest BCUT2D eigenvalue weighted by molar-refractivity contribution is -0.134. The van der Waals surface area contributed by atoms with E-state index in [1.54, 1.807) is 0 Å². The summed E-state index contributed by atoms with van der Waals surface area (Å²) in [7, 11) is 1.46. The molecule has 0 bridgehead atoms. The number of amides is 2. The first-order chi connectivity index (χ1) is 8.38. The maximum Gasteiger partial charge on any atom is 0.242 e. The third-order valence-corrected chi connectivity index (χ3v) is 1.83. The summed E-state index contributed by atoms with van der Waals surface area (Å²) in [5, 5.41) is 10.8. The molecule has 0 heterocycles. The first kappa shape index (κ1) is 18.9. The van der Waals surface area contributed by atoms with Crippen molar-refractivity contribution in [3.8, 4) is 0 Å². The smallest absolute Gasteiger partial charge is 0.242 e. The summed E-state index contributed by atoms with van der Waals surface area (Å²) in [5.41, 5.74) is 5.22. The molecular formula is C11H23N3O4. The summed E-state index contributed by atoms with van der Waals surface area (Å²) < 4.78 is 0. The number of likely N-dealkylation sites (N-methyl/N-ethyl adjacent to an activating group) is 1. The van der Waals surface area contributed by atoms with Gasteiger partial charge >= 0.3 is 0 Å². The first-order valence-corrected chi connectivity index (χ1v) is 5.76. The summed E-state index contributed by atoms with van der Waals surface area (Å²) in [6.45, 7) is 4.64. The van der Waals surface area contributed by atoms with Gasteiger partial charge in [0.1, 0.15) is 11.8 Å². The molecule has 7 heteroatoms. The highest BCUT2D eigenvalue weighted by Crippen LogP contribution is 1.85. The lowest BCUT2D eigenvalue weighted by Crippen LogP contribution is -2.47. The monoisotopic (exact) mass is 261 g/mol. The number of nitrogens with two attached hydrogens (primary N) is 1. The number of ketones is 1. The van der Waals surface area contributed by atoms with Crippen LogP contribution in [0.1, 0.15) is 20.8 Å². The van der Waals surface area contributed by atoms with Gasteiger partial charge in [-0.3, -0.25) is 14.4 Å². The Hall–Kier alpha value is -1.47. The molecule has 0 rings (SSSR count). The Morgan fingerprint density at radius 2 is 1.83 bits per heavy atom. The second-order valence-corrected chi connectivity index (χ2v) is 3.46. The van der Waals surface area contributed by atoms with Gasteiger partial charge in [0.15, 0.2) is 0 Å². The standard InChI is InChI=1S/C9H17N3O4.C2H6/c1-6(14)4-12(2)8(15)3-11-9(16)7(10)5-13;1-2/h7,13H,3-5,10H2,1-2H3,(H,11,16);1-2H3/t7-;/m1./s1. The van der Waals surface area contributed by atoms with Crippen LogP contribution in [0.3, 0.4) is 0 Å². The fraction of sp³-hybridized carbons (Fsp3) is 0.727.